The number of rotatable bonds is 2. The molecule has 0 atom stereocenters. The lowest BCUT2D eigenvalue weighted by molar-refractivity contribution is -0.0399. The molecule has 1 heterocycles. The van der Waals surface area contributed by atoms with Crippen molar-refractivity contribution >= 4 is 43.5 Å². The van der Waals surface area contributed by atoms with Gasteiger partial charge in [0.1, 0.15) is 11.2 Å². The van der Waals surface area contributed by atoms with Crippen molar-refractivity contribution in [1.82, 2.24) is 0 Å². The highest BCUT2D eigenvalue weighted by molar-refractivity contribution is 6.15. The lowest BCUT2D eigenvalue weighted by atomic mass is 9.43. The van der Waals surface area contributed by atoms with Crippen molar-refractivity contribution in [2.75, 3.05) is 0 Å². The second-order valence-corrected chi connectivity index (χ2v) is 15.7. The SMILES string of the molecule is c1ccc2c(c1)-c1ccc(-c3ccc4oc5cc(-c6cc7ccccc7c7ccccc67)ccc5c4c3)cc1C21C2CC3CC(C2)CC1C3. The molecule has 1 aromatic heterocycles. The van der Waals surface area contributed by atoms with E-state index in [9.17, 15) is 0 Å². The lowest BCUT2D eigenvalue weighted by Gasteiger charge is -2.61. The molecule has 5 aliphatic rings. The minimum atomic E-state index is 0.186. The summed E-state index contributed by atoms with van der Waals surface area (Å²) in [5.41, 5.74) is 13.3. The third-order valence-electron chi connectivity index (χ3n) is 13.4. The fourth-order valence-corrected chi connectivity index (χ4v) is 11.7. The minimum Gasteiger partial charge on any atom is -0.456 e. The molecule has 0 amide bonds. The van der Waals surface area contributed by atoms with Gasteiger partial charge in [-0.25, -0.2) is 0 Å². The van der Waals surface area contributed by atoms with Crippen LogP contribution in [-0.2, 0) is 5.41 Å². The van der Waals surface area contributed by atoms with Gasteiger partial charge in [0.2, 0.25) is 0 Å². The van der Waals surface area contributed by atoms with E-state index in [1.807, 2.05) is 0 Å². The Labute approximate surface area is 286 Å². The maximum Gasteiger partial charge on any atom is 0.136 e. The number of benzene rings is 7. The van der Waals surface area contributed by atoms with Gasteiger partial charge in [0.15, 0.2) is 0 Å². The topological polar surface area (TPSA) is 13.1 Å². The Bertz CT molecular complexity index is 2660. The second-order valence-electron chi connectivity index (χ2n) is 15.7. The first-order valence-electron chi connectivity index (χ1n) is 18.3. The molecule has 0 N–H and O–H groups in total. The van der Waals surface area contributed by atoms with E-state index >= 15 is 0 Å². The van der Waals surface area contributed by atoms with Crippen LogP contribution in [0.2, 0.25) is 0 Å². The summed E-state index contributed by atoms with van der Waals surface area (Å²) in [5.74, 6) is 3.45. The van der Waals surface area contributed by atoms with E-state index in [-0.39, 0.29) is 5.41 Å². The van der Waals surface area contributed by atoms with Gasteiger partial charge in [-0.15, -0.1) is 0 Å². The monoisotopic (exact) mass is 628 g/mol. The number of fused-ring (bicyclic) bond motifs is 9. The molecular formula is C48H36O. The summed E-state index contributed by atoms with van der Waals surface area (Å²) in [5, 5.41) is 7.49. The average molecular weight is 629 g/mol. The van der Waals surface area contributed by atoms with E-state index in [0.29, 0.717) is 0 Å². The molecule has 1 spiro atoms. The third-order valence-corrected chi connectivity index (χ3v) is 13.4. The molecule has 1 nitrogen and oxygen atoms in total. The highest BCUT2D eigenvalue weighted by Crippen LogP contribution is 2.69. The first kappa shape index (κ1) is 26.8. The Kier molecular flexibility index (Phi) is 5.20. The standard InChI is InChI=1S/C48H36O/c1-2-8-36-32(7-1)25-42(38-10-4-3-9-37(36)38)33-14-17-41-43-24-30(15-18-46(43)49-47(41)27-33)31-13-16-40-39-11-5-6-12-44(39)48(45(40)26-31)34-20-28-19-29(22-34)23-35(48)21-28/h1-18,24-29,34-35H,19-23H2. The first-order valence-corrected chi connectivity index (χ1v) is 18.3. The summed E-state index contributed by atoms with van der Waals surface area (Å²) in [7, 11) is 0. The van der Waals surface area contributed by atoms with E-state index in [1.165, 1.54) is 97.8 Å². The van der Waals surface area contributed by atoms with E-state index in [0.717, 1.165) is 34.8 Å². The van der Waals surface area contributed by atoms with Gasteiger partial charge in [0.05, 0.1) is 0 Å². The predicted molar refractivity (Wildman–Crippen MR) is 203 cm³/mol. The molecule has 4 bridgehead atoms. The van der Waals surface area contributed by atoms with Crippen molar-refractivity contribution < 1.29 is 4.42 Å². The molecule has 7 aromatic carbocycles. The normalized spacial score (nSPS) is 24.8. The second kappa shape index (κ2) is 9.51. The Morgan fingerprint density at radius 2 is 1.08 bits per heavy atom. The van der Waals surface area contributed by atoms with Gasteiger partial charge in [-0.3, -0.25) is 0 Å². The van der Waals surface area contributed by atoms with E-state index in [4.69, 9.17) is 4.42 Å². The molecule has 1 heteroatoms. The van der Waals surface area contributed by atoms with Crippen LogP contribution in [0.25, 0.3) is 76.9 Å². The molecule has 0 aliphatic heterocycles. The van der Waals surface area contributed by atoms with Crippen molar-refractivity contribution in [3.63, 3.8) is 0 Å². The molecule has 49 heavy (non-hydrogen) atoms. The molecule has 0 radical (unpaired) electrons. The Morgan fingerprint density at radius 1 is 0.408 bits per heavy atom. The first-order chi connectivity index (χ1) is 24.2. The number of hydrogen-bond donors (Lipinski definition) is 0. The molecule has 0 saturated heterocycles. The van der Waals surface area contributed by atoms with Gasteiger partial charge >= 0.3 is 0 Å². The van der Waals surface area contributed by atoms with Gasteiger partial charge in [0, 0.05) is 16.2 Å². The lowest BCUT2D eigenvalue weighted by Crippen LogP contribution is -2.55. The van der Waals surface area contributed by atoms with Gasteiger partial charge in [-0.2, -0.15) is 0 Å². The quantitative estimate of drug-likeness (QED) is 0.174. The average Bonchev–Trinajstić information content (AvgIpc) is 3.66. The molecule has 234 valence electrons. The maximum absolute atomic E-state index is 6.58. The van der Waals surface area contributed by atoms with E-state index in [1.54, 1.807) is 11.1 Å². The van der Waals surface area contributed by atoms with Gasteiger partial charge in [0.25, 0.3) is 0 Å². The Morgan fingerprint density at radius 3 is 1.94 bits per heavy atom. The Hall–Kier alpha value is -5.14. The fraction of sp³-hybridized carbons (Fsp3) is 0.208. The van der Waals surface area contributed by atoms with Crippen molar-refractivity contribution in [2.45, 2.75) is 37.5 Å². The van der Waals surface area contributed by atoms with Crippen LogP contribution >= 0.6 is 0 Å². The van der Waals surface area contributed by atoms with Crippen LogP contribution in [-0.4, -0.2) is 0 Å². The molecule has 4 fully saturated rings. The van der Waals surface area contributed by atoms with Gasteiger partial charge < -0.3 is 4.42 Å². The van der Waals surface area contributed by atoms with Crippen LogP contribution in [0.15, 0.2) is 138 Å². The summed E-state index contributed by atoms with van der Waals surface area (Å²) < 4.78 is 6.58. The van der Waals surface area contributed by atoms with Crippen LogP contribution < -0.4 is 0 Å². The number of hydrogen-bond acceptors (Lipinski definition) is 1. The van der Waals surface area contributed by atoms with Crippen LogP contribution in [0.3, 0.4) is 0 Å². The van der Waals surface area contributed by atoms with Crippen LogP contribution in [0.4, 0.5) is 0 Å². The smallest absolute Gasteiger partial charge is 0.136 e. The van der Waals surface area contributed by atoms with Gasteiger partial charge in [-0.05, 0) is 158 Å². The summed E-state index contributed by atoms with van der Waals surface area (Å²) >= 11 is 0. The zero-order chi connectivity index (χ0) is 31.8. The van der Waals surface area contributed by atoms with Crippen LogP contribution in [0.1, 0.15) is 43.2 Å². The number of furan rings is 1. The largest absolute Gasteiger partial charge is 0.456 e. The van der Waals surface area contributed by atoms with Crippen molar-refractivity contribution in [3.8, 4) is 33.4 Å². The molecule has 5 aliphatic carbocycles. The molecule has 0 unspecified atom stereocenters. The van der Waals surface area contributed by atoms with Crippen molar-refractivity contribution in [1.29, 1.82) is 0 Å². The summed E-state index contributed by atoms with van der Waals surface area (Å²) in [6.07, 6.45) is 7.13. The highest BCUT2D eigenvalue weighted by atomic mass is 16.3. The summed E-state index contributed by atoms with van der Waals surface area (Å²) in [6, 6.07) is 50.3. The molecule has 8 aromatic rings. The third kappa shape index (κ3) is 3.51. The molecule has 4 saturated carbocycles. The summed E-state index contributed by atoms with van der Waals surface area (Å²) in [6.45, 7) is 0. The molecular weight excluding hydrogens is 593 g/mol. The minimum absolute atomic E-state index is 0.186. The van der Waals surface area contributed by atoms with Crippen LogP contribution in [0.5, 0.6) is 0 Å². The summed E-state index contributed by atoms with van der Waals surface area (Å²) in [4.78, 5) is 0. The van der Waals surface area contributed by atoms with Gasteiger partial charge in [-0.1, -0.05) is 97.1 Å². The van der Waals surface area contributed by atoms with Crippen LogP contribution in [0, 0.1) is 23.7 Å². The van der Waals surface area contributed by atoms with E-state index in [2.05, 4.69) is 133 Å². The zero-order valence-corrected chi connectivity index (χ0v) is 27.5. The molecule has 13 rings (SSSR count). The zero-order valence-electron chi connectivity index (χ0n) is 27.5. The van der Waals surface area contributed by atoms with Crippen molar-refractivity contribution in [3.05, 3.63) is 145 Å². The van der Waals surface area contributed by atoms with Crippen molar-refractivity contribution in [2.24, 2.45) is 23.7 Å². The Balaban J connectivity index is 0.993. The highest BCUT2D eigenvalue weighted by Gasteiger charge is 2.61. The predicted octanol–water partition coefficient (Wildman–Crippen LogP) is 12.9. The van der Waals surface area contributed by atoms with E-state index < -0.39 is 0 Å². The fourth-order valence-electron chi connectivity index (χ4n) is 11.7. The maximum atomic E-state index is 6.58.